The number of aryl methyl sites for hydroxylation is 1. The molecule has 112 valence electrons. The van der Waals surface area contributed by atoms with E-state index in [-0.39, 0.29) is 0 Å². The highest BCUT2D eigenvalue weighted by Gasteiger charge is 2.09. The van der Waals surface area contributed by atoms with Crippen molar-refractivity contribution in [1.29, 1.82) is 0 Å². The van der Waals surface area contributed by atoms with Crippen LogP contribution in [0.4, 0.5) is 5.69 Å². The highest BCUT2D eigenvalue weighted by Crippen LogP contribution is 2.25. The lowest BCUT2D eigenvalue weighted by molar-refractivity contribution is 0.492. The Labute approximate surface area is 139 Å². The highest BCUT2D eigenvalue weighted by molar-refractivity contribution is 7.80. The normalized spacial score (nSPS) is 10.5. The third kappa shape index (κ3) is 4.33. The predicted molar refractivity (Wildman–Crippen MR) is 92.1 cm³/mol. The standard InChI is InChI=1S/C14H16Cl2N4S/c1-3-20-7-6-11(18-20)9-19(2)14(21)17-13-8-10(15)4-5-12(13)16/h4-8H,3,9H2,1-2H3,(H,17,21). The molecule has 0 atom stereocenters. The first kappa shape index (κ1) is 16.1. The molecule has 0 radical (unpaired) electrons. The maximum Gasteiger partial charge on any atom is 0.173 e. The van der Waals surface area contributed by atoms with Crippen LogP contribution in [0.5, 0.6) is 0 Å². The lowest BCUT2D eigenvalue weighted by Crippen LogP contribution is -2.30. The van der Waals surface area contributed by atoms with Gasteiger partial charge in [-0.1, -0.05) is 23.2 Å². The molecule has 1 aromatic heterocycles. The summed E-state index contributed by atoms with van der Waals surface area (Å²) in [5, 5.41) is 9.27. The van der Waals surface area contributed by atoms with Gasteiger partial charge in [-0.05, 0) is 43.4 Å². The molecule has 1 aromatic carbocycles. The Morgan fingerprint density at radius 2 is 2.14 bits per heavy atom. The zero-order chi connectivity index (χ0) is 15.4. The zero-order valence-electron chi connectivity index (χ0n) is 11.8. The van der Waals surface area contributed by atoms with Gasteiger partial charge in [-0.25, -0.2) is 0 Å². The maximum atomic E-state index is 6.11. The second-order valence-electron chi connectivity index (χ2n) is 4.57. The summed E-state index contributed by atoms with van der Waals surface area (Å²) in [5.74, 6) is 0. The van der Waals surface area contributed by atoms with E-state index in [0.717, 1.165) is 12.2 Å². The van der Waals surface area contributed by atoms with Gasteiger partial charge in [0, 0.05) is 24.8 Å². The molecule has 4 nitrogen and oxygen atoms in total. The van der Waals surface area contributed by atoms with Gasteiger partial charge >= 0.3 is 0 Å². The number of anilines is 1. The number of hydrogen-bond acceptors (Lipinski definition) is 2. The summed E-state index contributed by atoms with van der Waals surface area (Å²) in [6, 6.07) is 7.20. The average Bonchev–Trinajstić information content (AvgIpc) is 2.90. The lowest BCUT2D eigenvalue weighted by Gasteiger charge is -2.20. The van der Waals surface area contributed by atoms with Crippen molar-refractivity contribution in [3.63, 3.8) is 0 Å². The van der Waals surface area contributed by atoms with Crippen molar-refractivity contribution >= 4 is 46.2 Å². The van der Waals surface area contributed by atoms with Crippen molar-refractivity contribution in [2.75, 3.05) is 12.4 Å². The molecule has 0 aliphatic rings. The zero-order valence-corrected chi connectivity index (χ0v) is 14.1. The van der Waals surface area contributed by atoms with Crippen molar-refractivity contribution < 1.29 is 0 Å². The van der Waals surface area contributed by atoms with Crippen molar-refractivity contribution in [3.05, 3.63) is 46.2 Å². The maximum absolute atomic E-state index is 6.11. The largest absolute Gasteiger partial charge is 0.346 e. The van der Waals surface area contributed by atoms with Gasteiger partial charge in [-0.15, -0.1) is 0 Å². The van der Waals surface area contributed by atoms with Gasteiger partial charge in [-0.2, -0.15) is 5.10 Å². The number of halogens is 2. The first-order valence-electron chi connectivity index (χ1n) is 6.49. The predicted octanol–water partition coefficient (Wildman–Crippen LogP) is 4.04. The molecule has 0 aliphatic carbocycles. The molecule has 0 fully saturated rings. The third-order valence-corrected chi connectivity index (χ3v) is 3.91. The van der Waals surface area contributed by atoms with Crippen LogP contribution in [-0.4, -0.2) is 26.8 Å². The molecule has 0 amide bonds. The summed E-state index contributed by atoms with van der Waals surface area (Å²) >= 11 is 17.4. The van der Waals surface area contributed by atoms with Crippen LogP contribution in [0.15, 0.2) is 30.5 Å². The Bertz CT molecular complexity index is 642. The van der Waals surface area contributed by atoms with Crippen LogP contribution < -0.4 is 5.32 Å². The fourth-order valence-electron chi connectivity index (χ4n) is 1.78. The van der Waals surface area contributed by atoms with E-state index >= 15 is 0 Å². The molecular weight excluding hydrogens is 327 g/mol. The van der Waals surface area contributed by atoms with Crippen LogP contribution >= 0.6 is 35.4 Å². The molecule has 0 saturated carbocycles. The van der Waals surface area contributed by atoms with Crippen molar-refractivity contribution in [2.45, 2.75) is 20.0 Å². The number of benzene rings is 1. The van der Waals surface area contributed by atoms with E-state index in [1.807, 2.05) is 35.8 Å². The summed E-state index contributed by atoms with van der Waals surface area (Å²) in [6.45, 7) is 3.52. The minimum Gasteiger partial charge on any atom is -0.346 e. The third-order valence-electron chi connectivity index (χ3n) is 2.94. The van der Waals surface area contributed by atoms with E-state index in [4.69, 9.17) is 35.4 Å². The second kappa shape index (κ2) is 7.11. The van der Waals surface area contributed by atoms with Crippen LogP contribution in [0.3, 0.4) is 0 Å². The number of nitrogens with zero attached hydrogens (tertiary/aromatic N) is 3. The summed E-state index contributed by atoms with van der Waals surface area (Å²) in [7, 11) is 1.90. The molecule has 0 bridgehead atoms. The summed E-state index contributed by atoms with van der Waals surface area (Å²) < 4.78 is 1.88. The molecule has 0 unspecified atom stereocenters. The van der Waals surface area contributed by atoms with Crippen molar-refractivity contribution in [1.82, 2.24) is 14.7 Å². The Hall–Kier alpha value is -1.30. The Morgan fingerprint density at radius 1 is 1.38 bits per heavy atom. The Morgan fingerprint density at radius 3 is 2.81 bits per heavy atom. The number of hydrogen-bond donors (Lipinski definition) is 1. The van der Waals surface area contributed by atoms with Gasteiger partial charge in [0.15, 0.2) is 5.11 Å². The Kier molecular flexibility index (Phi) is 5.45. The van der Waals surface area contributed by atoms with E-state index in [0.29, 0.717) is 27.4 Å². The van der Waals surface area contributed by atoms with E-state index in [1.54, 1.807) is 18.2 Å². The van der Waals surface area contributed by atoms with E-state index in [2.05, 4.69) is 10.4 Å². The molecule has 0 aliphatic heterocycles. The van der Waals surface area contributed by atoms with Crippen LogP contribution in [0.25, 0.3) is 0 Å². The first-order valence-corrected chi connectivity index (χ1v) is 7.65. The molecule has 2 rings (SSSR count). The second-order valence-corrected chi connectivity index (χ2v) is 5.80. The van der Waals surface area contributed by atoms with Crippen molar-refractivity contribution in [2.24, 2.45) is 0 Å². The number of aromatic nitrogens is 2. The number of rotatable bonds is 4. The van der Waals surface area contributed by atoms with Gasteiger partial charge in [0.25, 0.3) is 0 Å². The van der Waals surface area contributed by atoms with Crippen LogP contribution in [0, 0.1) is 0 Å². The topological polar surface area (TPSA) is 33.1 Å². The summed E-state index contributed by atoms with van der Waals surface area (Å²) in [4.78, 5) is 1.90. The van der Waals surface area contributed by atoms with E-state index < -0.39 is 0 Å². The average molecular weight is 343 g/mol. The first-order chi connectivity index (χ1) is 9.99. The monoisotopic (exact) mass is 342 g/mol. The van der Waals surface area contributed by atoms with E-state index in [1.165, 1.54) is 0 Å². The van der Waals surface area contributed by atoms with E-state index in [9.17, 15) is 0 Å². The van der Waals surface area contributed by atoms with Gasteiger partial charge < -0.3 is 10.2 Å². The van der Waals surface area contributed by atoms with Gasteiger partial charge in [0.2, 0.25) is 0 Å². The molecule has 1 N–H and O–H groups in total. The minimum atomic E-state index is 0.560. The van der Waals surface area contributed by atoms with Gasteiger partial charge in [0.05, 0.1) is 22.9 Å². The number of nitrogens with one attached hydrogen (secondary N) is 1. The molecule has 1 heterocycles. The fourth-order valence-corrected chi connectivity index (χ4v) is 2.29. The molecule has 2 aromatic rings. The number of thiocarbonyl (C=S) groups is 1. The van der Waals surface area contributed by atoms with Crippen LogP contribution in [0.1, 0.15) is 12.6 Å². The Balaban J connectivity index is 2.00. The minimum absolute atomic E-state index is 0.560. The molecule has 7 heteroatoms. The van der Waals surface area contributed by atoms with Crippen LogP contribution in [0.2, 0.25) is 10.0 Å². The molecule has 21 heavy (non-hydrogen) atoms. The highest BCUT2D eigenvalue weighted by atomic mass is 35.5. The summed E-state index contributed by atoms with van der Waals surface area (Å²) in [6.07, 6.45) is 1.95. The summed E-state index contributed by atoms with van der Waals surface area (Å²) in [5.41, 5.74) is 1.65. The van der Waals surface area contributed by atoms with Crippen LogP contribution in [-0.2, 0) is 13.1 Å². The smallest absolute Gasteiger partial charge is 0.173 e. The fraction of sp³-hybridized carbons (Fsp3) is 0.286. The lowest BCUT2D eigenvalue weighted by atomic mass is 10.3. The van der Waals surface area contributed by atoms with Gasteiger partial charge in [0.1, 0.15) is 0 Å². The SMILES string of the molecule is CCn1ccc(CN(C)C(=S)Nc2cc(Cl)ccc2Cl)n1. The molecule has 0 spiro atoms. The van der Waals surface area contributed by atoms with Crippen molar-refractivity contribution in [3.8, 4) is 0 Å². The quantitative estimate of drug-likeness (QED) is 0.850. The molecular formula is C14H16Cl2N4S. The molecule has 0 saturated heterocycles. The van der Waals surface area contributed by atoms with Gasteiger partial charge in [-0.3, -0.25) is 4.68 Å².